The minimum absolute atomic E-state index is 0.0643. The molecule has 33 heavy (non-hydrogen) atoms. The van der Waals surface area contributed by atoms with E-state index in [1.165, 1.54) is 5.56 Å². The van der Waals surface area contributed by atoms with Gasteiger partial charge in [-0.05, 0) is 73.4 Å². The van der Waals surface area contributed by atoms with Crippen LogP contribution in [0.3, 0.4) is 0 Å². The van der Waals surface area contributed by atoms with Crippen molar-refractivity contribution in [2.75, 3.05) is 41.7 Å². The number of amides is 3. The van der Waals surface area contributed by atoms with Crippen molar-refractivity contribution < 1.29 is 9.59 Å². The van der Waals surface area contributed by atoms with Crippen LogP contribution in [0.25, 0.3) is 0 Å². The molecule has 0 atom stereocenters. The summed E-state index contributed by atoms with van der Waals surface area (Å²) in [5.41, 5.74) is 4.26. The van der Waals surface area contributed by atoms with Crippen molar-refractivity contribution in [3.8, 4) is 0 Å². The molecule has 2 aliphatic heterocycles. The second-order valence-corrected chi connectivity index (χ2v) is 9.76. The van der Waals surface area contributed by atoms with Crippen LogP contribution in [0.1, 0.15) is 68.3 Å². The molecule has 0 aromatic heterocycles. The molecule has 0 bridgehead atoms. The van der Waals surface area contributed by atoms with Gasteiger partial charge in [0, 0.05) is 43.2 Å². The molecule has 2 fully saturated rings. The minimum Gasteiger partial charge on any atom is -0.371 e. The smallest absolute Gasteiger partial charge is 0.323 e. The number of carbonyl (C=O) groups is 2. The maximum atomic E-state index is 13.4. The highest BCUT2D eigenvalue weighted by Crippen LogP contribution is 2.30. The predicted molar refractivity (Wildman–Crippen MR) is 135 cm³/mol. The third-order valence-corrected chi connectivity index (χ3v) is 6.84. The summed E-state index contributed by atoms with van der Waals surface area (Å²) in [4.78, 5) is 30.3. The first-order valence-electron chi connectivity index (χ1n) is 12.3. The molecule has 2 aromatic rings. The molecule has 4 rings (SSSR count). The fourth-order valence-electron chi connectivity index (χ4n) is 4.65. The van der Waals surface area contributed by atoms with E-state index in [1.807, 2.05) is 47.4 Å². The maximum Gasteiger partial charge on any atom is 0.323 e. The Kier molecular flexibility index (Phi) is 7.21. The molecule has 6 nitrogen and oxygen atoms in total. The van der Waals surface area contributed by atoms with Crippen molar-refractivity contribution in [3.63, 3.8) is 0 Å². The molecule has 0 radical (unpaired) electrons. The average Bonchev–Trinajstić information content (AvgIpc) is 3.34. The molecule has 0 unspecified atom stereocenters. The monoisotopic (exact) mass is 448 g/mol. The first-order chi connectivity index (χ1) is 15.9. The standard InChI is InChI=1S/C27H36N4O2/c1-19(2)21-6-8-22(9-7-21)28-27(33)29-23-10-11-25(30-16-12-20(3)13-17-30)24(18-23)26(32)31-14-4-5-15-31/h6-11,18-20H,4-5,12-17H2,1-3H3,(H2,28,29,33). The van der Waals surface area contributed by atoms with Gasteiger partial charge in [0.15, 0.2) is 0 Å². The molecule has 0 spiro atoms. The van der Waals surface area contributed by atoms with Crippen LogP contribution in [0.5, 0.6) is 0 Å². The topological polar surface area (TPSA) is 64.7 Å². The lowest BCUT2D eigenvalue weighted by atomic mass is 9.97. The fraction of sp³-hybridized carbons (Fsp3) is 0.481. The number of likely N-dealkylation sites (tertiary alicyclic amines) is 1. The second kappa shape index (κ2) is 10.3. The van der Waals surface area contributed by atoms with Crippen LogP contribution in [0, 0.1) is 5.92 Å². The van der Waals surface area contributed by atoms with E-state index < -0.39 is 0 Å². The molecule has 2 aromatic carbocycles. The molecule has 0 aliphatic carbocycles. The van der Waals surface area contributed by atoms with E-state index in [0.717, 1.165) is 69.2 Å². The fourth-order valence-corrected chi connectivity index (χ4v) is 4.65. The number of hydrogen-bond donors (Lipinski definition) is 2. The summed E-state index contributed by atoms with van der Waals surface area (Å²) in [6.07, 6.45) is 4.38. The van der Waals surface area contributed by atoms with Crippen LogP contribution in [0.2, 0.25) is 0 Å². The number of nitrogens with zero attached hydrogens (tertiary/aromatic N) is 2. The van der Waals surface area contributed by atoms with E-state index in [0.29, 0.717) is 17.2 Å². The van der Waals surface area contributed by atoms with Crippen molar-refractivity contribution in [2.45, 2.75) is 52.4 Å². The molecule has 0 saturated carbocycles. The summed E-state index contributed by atoms with van der Waals surface area (Å²) in [5.74, 6) is 1.23. The molecular formula is C27H36N4O2. The number of nitrogens with one attached hydrogen (secondary N) is 2. The van der Waals surface area contributed by atoms with E-state index in [4.69, 9.17) is 0 Å². The van der Waals surface area contributed by atoms with Crippen LogP contribution < -0.4 is 15.5 Å². The molecule has 2 heterocycles. The lowest BCUT2D eigenvalue weighted by molar-refractivity contribution is 0.0793. The number of urea groups is 1. The summed E-state index contributed by atoms with van der Waals surface area (Å²) >= 11 is 0. The van der Waals surface area contributed by atoms with Crippen molar-refractivity contribution in [3.05, 3.63) is 53.6 Å². The van der Waals surface area contributed by atoms with Crippen molar-refractivity contribution in [2.24, 2.45) is 5.92 Å². The lowest BCUT2D eigenvalue weighted by Gasteiger charge is -2.34. The van der Waals surface area contributed by atoms with Gasteiger partial charge in [-0.1, -0.05) is 32.9 Å². The Hall–Kier alpha value is -3.02. The summed E-state index contributed by atoms with van der Waals surface area (Å²) in [7, 11) is 0. The van der Waals surface area contributed by atoms with Crippen LogP contribution in [-0.4, -0.2) is 43.0 Å². The minimum atomic E-state index is -0.314. The molecule has 2 N–H and O–H groups in total. The number of benzene rings is 2. The zero-order valence-corrected chi connectivity index (χ0v) is 20.1. The van der Waals surface area contributed by atoms with Crippen LogP contribution in [0.15, 0.2) is 42.5 Å². The van der Waals surface area contributed by atoms with Gasteiger partial charge in [-0.25, -0.2) is 4.79 Å². The zero-order valence-electron chi connectivity index (χ0n) is 20.1. The van der Waals surface area contributed by atoms with Gasteiger partial charge in [-0.15, -0.1) is 0 Å². The first-order valence-corrected chi connectivity index (χ1v) is 12.3. The van der Waals surface area contributed by atoms with Crippen molar-refractivity contribution in [1.82, 2.24) is 4.90 Å². The Morgan fingerprint density at radius 3 is 2.12 bits per heavy atom. The van der Waals surface area contributed by atoms with E-state index in [-0.39, 0.29) is 11.9 Å². The Morgan fingerprint density at radius 1 is 0.879 bits per heavy atom. The number of hydrogen-bond acceptors (Lipinski definition) is 3. The maximum absolute atomic E-state index is 13.4. The van der Waals surface area contributed by atoms with Crippen molar-refractivity contribution >= 4 is 29.0 Å². The number of anilines is 3. The number of rotatable bonds is 5. The number of piperidine rings is 1. The largest absolute Gasteiger partial charge is 0.371 e. The zero-order chi connectivity index (χ0) is 23.4. The molecule has 2 saturated heterocycles. The quantitative estimate of drug-likeness (QED) is 0.596. The molecular weight excluding hydrogens is 412 g/mol. The van der Waals surface area contributed by atoms with E-state index in [2.05, 4.69) is 36.3 Å². The number of carbonyl (C=O) groups excluding carboxylic acids is 2. The van der Waals surface area contributed by atoms with Gasteiger partial charge >= 0.3 is 6.03 Å². The summed E-state index contributed by atoms with van der Waals surface area (Å²) < 4.78 is 0. The molecule has 3 amide bonds. The van der Waals surface area contributed by atoms with Gasteiger partial charge in [0.2, 0.25) is 0 Å². The van der Waals surface area contributed by atoms with E-state index >= 15 is 0 Å². The van der Waals surface area contributed by atoms with Gasteiger partial charge < -0.3 is 20.4 Å². The highest BCUT2D eigenvalue weighted by atomic mass is 16.2. The summed E-state index contributed by atoms with van der Waals surface area (Å²) in [6.45, 7) is 10.1. The Bertz CT molecular complexity index is 972. The van der Waals surface area contributed by atoms with Crippen LogP contribution >= 0.6 is 0 Å². The van der Waals surface area contributed by atoms with Crippen LogP contribution in [0.4, 0.5) is 21.9 Å². The molecule has 6 heteroatoms. The Labute approximate surface area is 197 Å². The first kappa shape index (κ1) is 23.1. The highest BCUT2D eigenvalue weighted by Gasteiger charge is 2.26. The predicted octanol–water partition coefficient (Wildman–Crippen LogP) is 5.93. The average molecular weight is 449 g/mol. The van der Waals surface area contributed by atoms with Crippen LogP contribution in [-0.2, 0) is 0 Å². The van der Waals surface area contributed by atoms with Gasteiger partial charge in [0.05, 0.1) is 5.56 Å². The summed E-state index contributed by atoms with van der Waals surface area (Å²) in [6, 6.07) is 13.3. The third-order valence-electron chi connectivity index (χ3n) is 6.84. The Morgan fingerprint density at radius 2 is 1.48 bits per heavy atom. The normalized spacial score (nSPS) is 16.8. The Balaban J connectivity index is 1.51. The second-order valence-electron chi connectivity index (χ2n) is 9.76. The SMILES string of the molecule is CC1CCN(c2ccc(NC(=O)Nc3ccc(C(C)C)cc3)cc2C(=O)N2CCCC2)CC1. The molecule has 2 aliphatic rings. The van der Waals surface area contributed by atoms with Crippen molar-refractivity contribution in [1.29, 1.82) is 0 Å². The third kappa shape index (κ3) is 5.67. The van der Waals surface area contributed by atoms with Gasteiger partial charge in [0.1, 0.15) is 0 Å². The summed E-state index contributed by atoms with van der Waals surface area (Å²) in [5, 5.41) is 5.80. The van der Waals surface area contributed by atoms with E-state index in [1.54, 1.807) is 0 Å². The molecule has 176 valence electrons. The van der Waals surface area contributed by atoms with Gasteiger partial charge in [-0.2, -0.15) is 0 Å². The lowest BCUT2D eigenvalue weighted by Crippen LogP contribution is -2.35. The highest BCUT2D eigenvalue weighted by molar-refractivity contribution is 6.04. The van der Waals surface area contributed by atoms with Gasteiger partial charge in [-0.3, -0.25) is 4.79 Å². The van der Waals surface area contributed by atoms with E-state index in [9.17, 15) is 9.59 Å². The van der Waals surface area contributed by atoms with Gasteiger partial charge in [0.25, 0.3) is 5.91 Å².